The Bertz CT molecular complexity index is 542. The minimum Gasteiger partial charge on any atom is -0.488 e. The summed E-state index contributed by atoms with van der Waals surface area (Å²) in [5, 5.41) is 0. The number of nitrogens with two attached hydrogens (primary N) is 1. The average molecular weight is 259 g/mol. The lowest BCUT2D eigenvalue weighted by atomic mass is 10.0. The van der Waals surface area contributed by atoms with Crippen LogP contribution in [-0.4, -0.2) is 6.10 Å². The standard InChI is InChI=1S/C16H18FNO/c1-11-8-9-14(17)10-15(11)19-12(2)16(18)13-6-4-3-5-7-13/h3-10,12,16H,18H2,1-2H3. The second-order valence-corrected chi connectivity index (χ2v) is 4.67. The van der Waals surface area contributed by atoms with Crippen LogP contribution in [0.5, 0.6) is 5.75 Å². The maximum atomic E-state index is 13.2. The Morgan fingerprint density at radius 2 is 1.79 bits per heavy atom. The van der Waals surface area contributed by atoms with Crippen LogP contribution in [0.4, 0.5) is 4.39 Å². The van der Waals surface area contributed by atoms with Gasteiger partial charge in [-0.2, -0.15) is 0 Å². The van der Waals surface area contributed by atoms with Gasteiger partial charge in [-0.1, -0.05) is 36.4 Å². The average Bonchev–Trinajstić information content (AvgIpc) is 2.43. The van der Waals surface area contributed by atoms with Crippen LogP contribution in [0, 0.1) is 12.7 Å². The van der Waals surface area contributed by atoms with Crippen molar-refractivity contribution in [1.82, 2.24) is 0 Å². The van der Waals surface area contributed by atoms with Gasteiger partial charge >= 0.3 is 0 Å². The van der Waals surface area contributed by atoms with Crippen LogP contribution in [-0.2, 0) is 0 Å². The van der Waals surface area contributed by atoms with E-state index in [1.807, 2.05) is 44.2 Å². The summed E-state index contributed by atoms with van der Waals surface area (Å²) in [6, 6.07) is 14.0. The molecule has 2 rings (SSSR count). The lowest BCUT2D eigenvalue weighted by molar-refractivity contribution is 0.188. The van der Waals surface area contributed by atoms with Crippen LogP contribution in [0.3, 0.4) is 0 Å². The quantitative estimate of drug-likeness (QED) is 0.910. The van der Waals surface area contributed by atoms with Crippen molar-refractivity contribution in [2.75, 3.05) is 0 Å². The van der Waals surface area contributed by atoms with E-state index < -0.39 is 0 Å². The van der Waals surface area contributed by atoms with Crippen LogP contribution >= 0.6 is 0 Å². The van der Waals surface area contributed by atoms with Gasteiger partial charge < -0.3 is 10.5 Å². The molecule has 2 aromatic rings. The van der Waals surface area contributed by atoms with E-state index in [0.717, 1.165) is 11.1 Å². The molecule has 0 fully saturated rings. The number of hydrogen-bond acceptors (Lipinski definition) is 2. The van der Waals surface area contributed by atoms with Gasteiger partial charge in [-0.25, -0.2) is 4.39 Å². The fourth-order valence-electron chi connectivity index (χ4n) is 1.92. The maximum Gasteiger partial charge on any atom is 0.126 e. The Hall–Kier alpha value is -1.87. The third-order valence-corrected chi connectivity index (χ3v) is 3.15. The van der Waals surface area contributed by atoms with Crippen molar-refractivity contribution in [2.45, 2.75) is 26.0 Å². The zero-order valence-corrected chi connectivity index (χ0v) is 11.1. The first-order valence-electron chi connectivity index (χ1n) is 6.31. The van der Waals surface area contributed by atoms with Crippen molar-refractivity contribution in [2.24, 2.45) is 5.73 Å². The molecule has 100 valence electrons. The third kappa shape index (κ3) is 3.32. The van der Waals surface area contributed by atoms with Gasteiger partial charge in [0, 0.05) is 6.07 Å². The SMILES string of the molecule is Cc1ccc(F)cc1OC(C)C(N)c1ccccc1. The summed E-state index contributed by atoms with van der Waals surface area (Å²) in [7, 11) is 0. The molecule has 0 aliphatic rings. The molecular formula is C16H18FNO. The third-order valence-electron chi connectivity index (χ3n) is 3.15. The molecule has 0 aliphatic carbocycles. The number of ether oxygens (including phenoxy) is 1. The molecular weight excluding hydrogens is 241 g/mol. The van der Waals surface area contributed by atoms with Crippen molar-refractivity contribution in [1.29, 1.82) is 0 Å². The number of benzene rings is 2. The summed E-state index contributed by atoms with van der Waals surface area (Å²) in [6.07, 6.45) is -0.233. The molecule has 0 spiro atoms. The lowest BCUT2D eigenvalue weighted by Crippen LogP contribution is -2.28. The maximum absolute atomic E-state index is 13.2. The summed E-state index contributed by atoms with van der Waals surface area (Å²) in [5.41, 5.74) is 8.06. The van der Waals surface area contributed by atoms with E-state index in [0.29, 0.717) is 5.75 Å². The van der Waals surface area contributed by atoms with Crippen LogP contribution in [0.25, 0.3) is 0 Å². The first kappa shape index (κ1) is 13.6. The fourth-order valence-corrected chi connectivity index (χ4v) is 1.92. The van der Waals surface area contributed by atoms with Crippen LogP contribution in [0.1, 0.15) is 24.1 Å². The zero-order chi connectivity index (χ0) is 13.8. The van der Waals surface area contributed by atoms with Crippen LogP contribution < -0.4 is 10.5 Å². The van der Waals surface area contributed by atoms with E-state index in [1.54, 1.807) is 6.07 Å². The largest absolute Gasteiger partial charge is 0.488 e. The highest BCUT2D eigenvalue weighted by molar-refractivity contribution is 5.33. The molecule has 0 amide bonds. The Morgan fingerprint density at radius 1 is 1.11 bits per heavy atom. The van der Waals surface area contributed by atoms with E-state index in [2.05, 4.69) is 0 Å². The minimum atomic E-state index is -0.305. The predicted octanol–water partition coefficient (Wildman–Crippen LogP) is 3.60. The molecule has 19 heavy (non-hydrogen) atoms. The first-order valence-corrected chi connectivity index (χ1v) is 6.31. The zero-order valence-electron chi connectivity index (χ0n) is 11.1. The molecule has 0 heterocycles. The highest BCUT2D eigenvalue weighted by atomic mass is 19.1. The van der Waals surface area contributed by atoms with Crippen molar-refractivity contribution in [3.63, 3.8) is 0 Å². The molecule has 3 heteroatoms. The van der Waals surface area contributed by atoms with Gasteiger partial charge in [0.25, 0.3) is 0 Å². The van der Waals surface area contributed by atoms with Crippen LogP contribution in [0.15, 0.2) is 48.5 Å². The number of aryl methyl sites for hydroxylation is 1. The lowest BCUT2D eigenvalue weighted by Gasteiger charge is -2.22. The molecule has 0 saturated carbocycles. The highest BCUT2D eigenvalue weighted by Crippen LogP contribution is 2.24. The van der Waals surface area contributed by atoms with Crippen molar-refractivity contribution >= 4 is 0 Å². The summed E-state index contributed by atoms with van der Waals surface area (Å²) < 4.78 is 19.0. The van der Waals surface area contributed by atoms with E-state index in [4.69, 9.17) is 10.5 Å². The van der Waals surface area contributed by atoms with Gasteiger partial charge in [0.15, 0.2) is 0 Å². The van der Waals surface area contributed by atoms with Crippen molar-refractivity contribution in [3.05, 3.63) is 65.5 Å². The van der Waals surface area contributed by atoms with Crippen LogP contribution in [0.2, 0.25) is 0 Å². The molecule has 2 N–H and O–H groups in total. The number of hydrogen-bond donors (Lipinski definition) is 1. The molecule has 0 aliphatic heterocycles. The van der Waals surface area contributed by atoms with E-state index >= 15 is 0 Å². The number of halogens is 1. The molecule has 0 aromatic heterocycles. The summed E-state index contributed by atoms with van der Waals surface area (Å²) in [6.45, 7) is 3.78. The monoisotopic (exact) mass is 259 g/mol. The second-order valence-electron chi connectivity index (χ2n) is 4.67. The normalized spacial score (nSPS) is 13.9. The Balaban J connectivity index is 2.12. The molecule has 2 unspecified atom stereocenters. The topological polar surface area (TPSA) is 35.2 Å². The molecule has 2 nitrogen and oxygen atoms in total. The van der Waals surface area contributed by atoms with Gasteiger partial charge in [-0.3, -0.25) is 0 Å². The van der Waals surface area contributed by atoms with Gasteiger partial charge in [0.2, 0.25) is 0 Å². The van der Waals surface area contributed by atoms with Gasteiger partial charge in [-0.05, 0) is 31.0 Å². The van der Waals surface area contributed by atoms with Gasteiger partial charge in [-0.15, -0.1) is 0 Å². The second kappa shape index (κ2) is 5.85. The minimum absolute atomic E-state index is 0.233. The highest BCUT2D eigenvalue weighted by Gasteiger charge is 2.17. The molecule has 2 atom stereocenters. The Morgan fingerprint density at radius 3 is 2.47 bits per heavy atom. The summed E-state index contributed by atoms with van der Waals surface area (Å²) >= 11 is 0. The van der Waals surface area contributed by atoms with Crippen molar-refractivity contribution < 1.29 is 9.13 Å². The summed E-state index contributed by atoms with van der Waals surface area (Å²) in [4.78, 5) is 0. The van der Waals surface area contributed by atoms with Gasteiger partial charge in [0.05, 0.1) is 6.04 Å². The molecule has 2 aromatic carbocycles. The van der Waals surface area contributed by atoms with Crippen molar-refractivity contribution in [3.8, 4) is 5.75 Å². The Kier molecular flexibility index (Phi) is 4.17. The Labute approximate surface area is 113 Å². The van der Waals surface area contributed by atoms with Gasteiger partial charge in [0.1, 0.15) is 17.7 Å². The summed E-state index contributed by atoms with van der Waals surface area (Å²) in [5.74, 6) is 0.236. The molecule has 0 bridgehead atoms. The fraction of sp³-hybridized carbons (Fsp3) is 0.250. The smallest absolute Gasteiger partial charge is 0.126 e. The van der Waals surface area contributed by atoms with E-state index in [-0.39, 0.29) is 18.0 Å². The molecule has 0 radical (unpaired) electrons. The predicted molar refractivity (Wildman–Crippen MR) is 74.6 cm³/mol. The van der Waals surface area contributed by atoms with E-state index in [9.17, 15) is 4.39 Å². The first-order chi connectivity index (χ1) is 9.08. The van der Waals surface area contributed by atoms with E-state index in [1.165, 1.54) is 12.1 Å². The number of rotatable bonds is 4. The molecule has 0 saturated heterocycles.